The van der Waals surface area contributed by atoms with Gasteiger partial charge in [0.25, 0.3) is 0 Å². The van der Waals surface area contributed by atoms with Gasteiger partial charge in [-0.05, 0) is 37.1 Å². The number of nitrogens with zero attached hydrogens (tertiary/aromatic N) is 1. The predicted octanol–water partition coefficient (Wildman–Crippen LogP) is 2.62. The van der Waals surface area contributed by atoms with Crippen LogP contribution in [0.5, 0.6) is 0 Å². The number of H-pyrrole nitrogens is 1. The normalized spacial score (nSPS) is 11.5. The molecule has 0 aliphatic rings. The molecule has 0 fully saturated rings. The number of fused-ring (bicyclic) bond motifs is 1. The van der Waals surface area contributed by atoms with Gasteiger partial charge in [-0.25, -0.2) is 4.98 Å². The van der Waals surface area contributed by atoms with Gasteiger partial charge in [0.15, 0.2) is 0 Å². The van der Waals surface area contributed by atoms with E-state index >= 15 is 0 Å². The summed E-state index contributed by atoms with van der Waals surface area (Å²) in [5, 5.41) is 3.38. The van der Waals surface area contributed by atoms with E-state index in [0.29, 0.717) is 5.92 Å². The van der Waals surface area contributed by atoms with E-state index in [-0.39, 0.29) is 0 Å². The second-order valence-corrected chi connectivity index (χ2v) is 4.73. The molecule has 16 heavy (non-hydrogen) atoms. The van der Waals surface area contributed by atoms with E-state index < -0.39 is 0 Å². The fourth-order valence-electron chi connectivity index (χ4n) is 1.74. The first-order valence-corrected chi connectivity index (χ1v) is 5.81. The Bertz CT molecular complexity index is 471. The summed E-state index contributed by atoms with van der Waals surface area (Å²) in [4.78, 5) is 7.87. The molecule has 0 atom stereocenters. The summed E-state index contributed by atoms with van der Waals surface area (Å²) in [5.41, 5.74) is 3.44. The van der Waals surface area contributed by atoms with Crippen molar-refractivity contribution in [2.75, 3.05) is 6.54 Å². The Morgan fingerprint density at radius 3 is 2.94 bits per heavy atom. The monoisotopic (exact) mass is 217 g/mol. The minimum Gasteiger partial charge on any atom is -0.341 e. The molecule has 0 aliphatic heterocycles. The SMILES string of the molecule is Cc1ccc2nc(CNCC(C)C)[nH]c2c1. The minimum absolute atomic E-state index is 0.673. The van der Waals surface area contributed by atoms with Gasteiger partial charge >= 0.3 is 0 Å². The molecule has 2 N–H and O–H groups in total. The van der Waals surface area contributed by atoms with Crippen LogP contribution >= 0.6 is 0 Å². The van der Waals surface area contributed by atoms with Crippen molar-refractivity contribution in [1.82, 2.24) is 15.3 Å². The highest BCUT2D eigenvalue weighted by Gasteiger charge is 2.02. The van der Waals surface area contributed by atoms with Gasteiger partial charge in [0.2, 0.25) is 0 Å². The summed E-state index contributed by atoms with van der Waals surface area (Å²) in [6.45, 7) is 8.34. The van der Waals surface area contributed by atoms with Crippen LogP contribution < -0.4 is 5.32 Å². The molecular formula is C13H19N3. The molecule has 1 heterocycles. The smallest absolute Gasteiger partial charge is 0.121 e. The second kappa shape index (κ2) is 4.66. The maximum Gasteiger partial charge on any atom is 0.121 e. The standard InChI is InChI=1S/C13H19N3/c1-9(2)7-14-8-13-15-11-5-4-10(3)6-12(11)16-13/h4-6,9,14H,7-8H2,1-3H3,(H,15,16). The first-order valence-electron chi connectivity index (χ1n) is 5.81. The molecule has 0 aliphatic carbocycles. The van der Waals surface area contributed by atoms with Gasteiger partial charge in [0.05, 0.1) is 17.6 Å². The Morgan fingerprint density at radius 2 is 2.19 bits per heavy atom. The first-order chi connectivity index (χ1) is 7.65. The van der Waals surface area contributed by atoms with Crippen LogP contribution in [-0.2, 0) is 6.54 Å². The van der Waals surface area contributed by atoms with E-state index in [1.54, 1.807) is 0 Å². The quantitative estimate of drug-likeness (QED) is 0.826. The van der Waals surface area contributed by atoms with Crippen molar-refractivity contribution in [2.45, 2.75) is 27.3 Å². The molecule has 2 rings (SSSR count). The molecule has 0 bridgehead atoms. The van der Waals surface area contributed by atoms with Crippen LogP contribution in [0.2, 0.25) is 0 Å². The Hall–Kier alpha value is -1.35. The van der Waals surface area contributed by atoms with E-state index in [0.717, 1.165) is 29.9 Å². The van der Waals surface area contributed by atoms with Gasteiger partial charge in [0.1, 0.15) is 5.82 Å². The van der Waals surface area contributed by atoms with Gasteiger partial charge < -0.3 is 10.3 Å². The third-order valence-electron chi connectivity index (χ3n) is 2.53. The van der Waals surface area contributed by atoms with E-state index in [9.17, 15) is 0 Å². The van der Waals surface area contributed by atoms with Crippen LogP contribution in [0.4, 0.5) is 0 Å². The van der Waals surface area contributed by atoms with E-state index in [1.807, 2.05) is 0 Å². The fraction of sp³-hybridized carbons (Fsp3) is 0.462. The summed E-state index contributed by atoms with van der Waals surface area (Å²) in [6, 6.07) is 6.29. The lowest BCUT2D eigenvalue weighted by Crippen LogP contribution is -2.19. The number of aromatic nitrogens is 2. The predicted molar refractivity (Wildman–Crippen MR) is 67.4 cm³/mol. The van der Waals surface area contributed by atoms with Crippen molar-refractivity contribution in [3.05, 3.63) is 29.6 Å². The van der Waals surface area contributed by atoms with Crippen molar-refractivity contribution in [2.24, 2.45) is 5.92 Å². The van der Waals surface area contributed by atoms with Crippen LogP contribution in [0.1, 0.15) is 25.2 Å². The molecule has 86 valence electrons. The van der Waals surface area contributed by atoms with Crippen LogP contribution in [0.3, 0.4) is 0 Å². The van der Waals surface area contributed by atoms with Crippen LogP contribution in [-0.4, -0.2) is 16.5 Å². The van der Waals surface area contributed by atoms with E-state index in [2.05, 4.69) is 54.3 Å². The summed E-state index contributed by atoms with van der Waals surface area (Å²) in [7, 11) is 0. The van der Waals surface area contributed by atoms with Gasteiger partial charge in [-0.2, -0.15) is 0 Å². The lowest BCUT2D eigenvalue weighted by Gasteiger charge is -2.04. The third kappa shape index (κ3) is 2.61. The lowest BCUT2D eigenvalue weighted by atomic mass is 10.2. The fourth-order valence-corrected chi connectivity index (χ4v) is 1.74. The zero-order chi connectivity index (χ0) is 11.5. The highest BCUT2D eigenvalue weighted by atomic mass is 15.0. The summed E-state index contributed by atoms with van der Waals surface area (Å²) in [6.07, 6.45) is 0. The molecule has 0 saturated carbocycles. The molecule has 3 heteroatoms. The summed E-state index contributed by atoms with van der Waals surface area (Å²) in [5.74, 6) is 1.69. The number of benzene rings is 1. The molecule has 1 aromatic carbocycles. The molecule has 0 unspecified atom stereocenters. The maximum atomic E-state index is 4.53. The average molecular weight is 217 g/mol. The Kier molecular flexibility index (Phi) is 3.25. The highest BCUT2D eigenvalue weighted by molar-refractivity contribution is 5.75. The molecule has 3 nitrogen and oxygen atoms in total. The largest absolute Gasteiger partial charge is 0.341 e. The zero-order valence-electron chi connectivity index (χ0n) is 10.2. The number of aryl methyl sites for hydroxylation is 1. The summed E-state index contributed by atoms with van der Waals surface area (Å²) >= 11 is 0. The van der Waals surface area contributed by atoms with Crippen LogP contribution in [0, 0.1) is 12.8 Å². The lowest BCUT2D eigenvalue weighted by molar-refractivity contribution is 0.545. The Balaban J connectivity index is 2.08. The number of hydrogen-bond donors (Lipinski definition) is 2. The third-order valence-corrected chi connectivity index (χ3v) is 2.53. The molecule has 0 saturated heterocycles. The second-order valence-electron chi connectivity index (χ2n) is 4.73. The average Bonchev–Trinajstić information content (AvgIpc) is 2.58. The number of imidazole rings is 1. The zero-order valence-corrected chi connectivity index (χ0v) is 10.2. The van der Waals surface area contributed by atoms with E-state index in [4.69, 9.17) is 0 Å². The summed E-state index contributed by atoms with van der Waals surface area (Å²) < 4.78 is 0. The topological polar surface area (TPSA) is 40.7 Å². The molecular weight excluding hydrogens is 198 g/mol. The van der Waals surface area contributed by atoms with Gasteiger partial charge in [-0.1, -0.05) is 19.9 Å². The molecule has 0 amide bonds. The molecule has 0 radical (unpaired) electrons. The first kappa shape index (κ1) is 11.1. The Labute approximate surface area is 96.3 Å². The Morgan fingerprint density at radius 1 is 1.38 bits per heavy atom. The minimum atomic E-state index is 0.673. The van der Waals surface area contributed by atoms with Crippen molar-refractivity contribution < 1.29 is 0 Å². The van der Waals surface area contributed by atoms with Crippen LogP contribution in [0.25, 0.3) is 11.0 Å². The van der Waals surface area contributed by atoms with Gasteiger partial charge in [0, 0.05) is 0 Å². The van der Waals surface area contributed by atoms with Crippen molar-refractivity contribution in [1.29, 1.82) is 0 Å². The molecule has 2 aromatic rings. The number of nitrogens with one attached hydrogen (secondary N) is 2. The van der Waals surface area contributed by atoms with Gasteiger partial charge in [-0.3, -0.25) is 0 Å². The maximum absolute atomic E-state index is 4.53. The molecule has 1 aromatic heterocycles. The van der Waals surface area contributed by atoms with E-state index in [1.165, 1.54) is 5.56 Å². The number of rotatable bonds is 4. The van der Waals surface area contributed by atoms with Crippen molar-refractivity contribution >= 4 is 11.0 Å². The highest BCUT2D eigenvalue weighted by Crippen LogP contribution is 2.12. The molecule has 0 spiro atoms. The van der Waals surface area contributed by atoms with Crippen molar-refractivity contribution in [3.63, 3.8) is 0 Å². The van der Waals surface area contributed by atoms with Crippen molar-refractivity contribution in [3.8, 4) is 0 Å². The number of aromatic amines is 1. The number of hydrogen-bond acceptors (Lipinski definition) is 2. The van der Waals surface area contributed by atoms with Crippen LogP contribution in [0.15, 0.2) is 18.2 Å². The van der Waals surface area contributed by atoms with Gasteiger partial charge in [-0.15, -0.1) is 0 Å².